The lowest BCUT2D eigenvalue weighted by Gasteiger charge is -2.25. The van der Waals surface area contributed by atoms with Gasteiger partial charge in [-0.15, -0.1) is 0 Å². The number of benzene rings is 1. The third kappa shape index (κ3) is 4.54. The van der Waals surface area contributed by atoms with Crippen molar-refractivity contribution in [3.05, 3.63) is 29.8 Å². The number of hydrogen-bond donors (Lipinski definition) is 1. The van der Waals surface area contributed by atoms with Gasteiger partial charge in [0.1, 0.15) is 5.75 Å². The molecular weight excluding hydrogens is 234 g/mol. The quantitative estimate of drug-likeness (QED) is 0.717. The van der Waals surface area contributed by atoms with Crippen LogP contribution in [0.2, 0.25) is 0 Å². The molecule has 1 fully saturated rings. The molecule has 0 aliphatic heterocycles. The molecule has 2 nitrogen and oxygen atoms in total. The molecular formula is C17H27NO. The summed E-state index contributed by atoms with van der Waals surface area (Å²) in [5, 5.41) is 3.48. The molecule has 1 aromatic carbocycles. The second-order valence-corrected chi connectivity index (χ2v) is 6.23. The maximum atomic E-state index is 5.79. The Labute approximate surface area is 117 Å². The molecule has 2 heteroatoms. The summed E-state index contributed by atoms with van der Waals surface area (Å²) in [6.45, 7) is 9.04. The van der Waals surface area contributed by atoms with Crippen molar-refractivity contribution in [2.75, 3.05) is 13.1 Å². The minimum absolute atomic E-state index is 0.221. The van der Waals surface area contributed by atoms with Crippen LogP contribution in [-0.2, 0) is 5.41 Å². The van der Waals surface area contributed by atoms with Gasteiger partial charge in [-0.25, -0.2) is 0 Å². The number of ether oxygens (including phenoxy) is 1. The fourth-order valence-corrected chi connectivity index (χ4v) is 2.21. The highest BCUT2D eigenvalue weighted by Gasteiger charge is 2.24. The Balaban J connectivity index is 1.87. The lowest BCUT2D eigenvalue weighted by molar-refractivity contribution is 0.303. The van der Waals surface area contributed by atoms with E-state index < -0.39 is 0 Å². The first-order valence-corrected chi connectivity index (χ1v) is 7.60. The van der Waals surface area contributed by atoms with Gasteiger partial charge in [0.15, 0.2) is 0 Å². The fraction of sp³-hybridized carbons (Fsp3) is 0.647. The monoisotopic (exact) mass is 261 g/mol. The molecule has 0 unspecified atom stereocenters. The predicted molar refractivity (Wildman–Crippen MR) is 80.9 cm³/mol. The summed E-state index contributed by atoms with van der Waals surface area (Å²) in [6, 6.07) is 8.68. The Morgan fingerprint density at radius 1 is 1.16 bits per heavy atom. The molecule has 106 valence electrons. The van der Waals surface area contributed by atoms with Gasteiger partial charge in [0.05, 0.1) is 6.10 Å². The summed E-state index contributed by atoms with van der Waals surface area (Å²) in [4.78, 5) is 0. The fourth-order valence-electron chi connectivity index (χ4n) is 2.21. The van der Waals surface area contributed by atoms with Crippen LogP contribution in [0.25, 0.3) is 0 Å². The lowest BCUT2D eigenvalue weighted by atomic mass is 9.81. The zero-order chi connectivity index (χ0) is 13.7. The predicted octanol–water partition coefficient (Wildman–Crippen LogP) is 3.90. The first-order valence-electron chi connectivity index (χ1n) is 7.60. The second-order valence-electron chi connectivity index (χ2n) is 6.23. The van der Waals surface area contributed by atoms with E-state index in [1.807, 2.05) is 0 Å². The van der Waals surface area contributed by atoms with Crippen LogP contribution in [0.15, 0.2) is 24.3 Å². The van der Waals surface area contributed by atoms with Gasteiger partial charge in [-0.1, -0.05) is 32.9 Å². The largest absolute Gasteiger partial charge is 0.490 e. The molecule has 0 aromatic heterocycles. The number of hydrogen-bond acceptors (Lipinski definition) is 2. The zero-order valence-electron chi connectivity index (χ0n) is 12.5. The van der Waals surface area contributed by atoms with Gasteiger partial charge in [-0.2, -0.15) is 0 Å². The molecule has 19 heavy (non-hydrogen) atoms. The van der Waals surface area contributed by atoms with Crippen molar-refractivity contribution in [1.82, 2.24) is 5.32 Å². The summed E-state index contributed by atoms with van der Waals surface area (Å²) >= 11 is 0. The third-order valence-electron chi connectivity index (χ3n) is 3.82. The lowest BCUT2D eigenvalue weighted by Crippen LogP contribution is -2.25. The van der Waals surface area contributed by atoms with Gasteiger partial charge in [-0.05, 0) is 61.9 Å². The summed E-state index contributed by atoms with van der Waals surface area (Å²) in [7, 11) is 0. The van der Waals surface area contributed by atoms with Gasteiger partial charge in [0, 0.05) is 0 Å². The first kappa shape index (κ1) is 14.4. The second kappa shape index (κ2) is 6.42. The van der Waals surface area contributed by atoms with Crippen LogP contribution in [0.5, 0.6) is 5.75 Å². The van der Waals surface area contributed by atoms with E-state index in [1.54, 1.807) is 0 Å². The SMILES string of the molecule is CCCNCCC(C)(C)c1ccc(OC2CC2)cc1. The van der Waals surface area contributed by atoms with Crippen LogP contribution in [-0.4, -0.2) is 19.2 Å². The van der Waals surface area contributed by atoms with Gasteiger partial charge in [-0.3, -0.25) is 0 Å². The Kier molecular flexibility index (Phi) is 4.87. The molecule has 0 radical (unpaired) electrons. The standard InChI is InChI=1S/C17H27NO/c1-4-12-18-13-11-17(2,3)14-5-7-15(8-6-14)19-16-9-10-16/h5-8,16,18H,4,9-13H2,1-3H3. The van der Waals surface area contributed by atoms with Crippen LogP contribution < -0.4 is 10.1 Å². The molecule has 0 spiro atoms. The van der Waals surface area contributed by atoms with Gasteiger partial charge < -0.3 is 10.1 Å². The van der Waals surface area contributed by atoms with Crippen molar-refractivity contribution in [3.63, 3.8) is 0 Å². The number of nitrogens with one attached hydrogen (secondary N) is 1. The third-order valence-corrected chi connectivity index (χ3v) is 3.82. The highest BCUT2D eigenvalue weighted by atomic mass is 16.5. The van der Waals surface area contributed by atoms with Crippen molar-refractivity contribution in [1.29, 1.82) is 0 Å². The highest BCUT2D eigenvalue weighted by Crippen LogP contribution is 2.30. The molecule has 0 atom stereocenters. The van der Waals surface area contributed by atoms with Crippen LogP contribution in [0.3, 0.4) is 0 Å². The van der Waals surface area contributed by atoms with Crippen LogP contribution in [0.1, 0.15) is 52.0 Å². The maximum Gasteiger partial charge on any atom is 0.119 e. The van der Waals surface area contributed by atoms with Crippen LogP contribution >= 0.6 is 0 Å². The van der Waals surface area contributed by atoms with E-state index in [2.05, 4.69) is 50.4 Å². The average Bonchev–Trinajstić information content (AvgIpc) is 3.19. The van der Waals surface area contributed by atoms with Crippen LogP contribution in [0.4, 0.5) is 0 Å². The van der Waals surface area contributed by atoms with Crippen molar-refractivity contribution >= 4 is 0 Å². The van der Waals surface area contributed by atoms with Crippen molar-refractivity contribution < 1.29 is 4.74 Å². The number of rotatable bonds is 8. The zero-order valence-corrected chi connectivity index (χ0v) is 12.5. The minimum atomic E-state index is 0.221. The Morgan fingerprint density at radius 2 is 1.84 bits per heavy atom. The summed E-state index contributed by atoms with van der Waals surface area (Å²) < 4.78 is 5.79. The molecule has 0 heterocycles. The van der Waals surface area contributed by atoms with Gasteiger partial charge >= 0.3 is 0 Å². The Bertz CT molecular complexity index is 379. The molecule has 0 bridgehead atoms. The van der Waals surface area contributed by atoms with Crippen molar-refractivity contribution in [2.24, 2.45) is 0 Å². The van der Waals surface area contributed by atoms with E-state index in [1.165, 1.54) is 24.8 Å². The minimum Gasteiger partial charge on any atom is -0.490 e. The molecule has 1 aromatic rings. The first-order chi connectivity index (χ1) is 9.12. The molecule has 1 aliphatic rings. The van der Waals surface area contributed by atoms with Crippen molar-refractivity contribution in [2.45, 2.75) is 58.0 Å². The topological polar surface area (TPSA) is 21.3 Å². The average molecular weight is 261 g/mol. The van der Waals surface area contributed by atoms with E-state index in [0.29, 0.717) is 6.10 Å². The van der Waals surface area contributed by atoms with Crippen molar-refractivity contribution in [3.8, 4) is 5.75 Å². The summed E-state index contributed by atoms with van der Waals surface area (Å²) in [6.07, 6.45) is 5.29. The normalized spacial score (nSPS) is 15.5. The Hall–Kier alpha value is -1.02. The van der Waals surface area contributed by atoms with E-state index in [9.17, 15) is 0 Å². The highest BCUT2D eigenvalue weighted by molar-refractivity contribution is 5.32. The molecule has 1 N–H and O–H groups in total. The molecule has 2 rings (SSSR count). The van der Waals surface area contributed by atoms with E-state index >= 15 is 0 Å². The van der Waals surface area contributed by atoms with E-state index in [4.69, 9.17) is 4.74 Å². The van der Waals surface area contributed by atoms with E-state index in [0.717, 1.165) is 25.3 Å². The summed E-state index contributed by atoms with van der Waals surface area (Å²) in [5.74, 6) is 1.02. The maximum absolute atomic E-state index is 5.79. The van der Waals surface area contributed by atoms with Gasteiger partial charge in [0.2, 0.25) is 0 Å². The van der Waals surface area contributed by atoms with E-state index in [-0.39, 0.29) is 5.41 Å². The molecule has 1 saturated carbocycles. The van der Waals surface area contributed by atoms with Crippen LogP contribution in [0, 0.1) is 0 Å². The smallest absolute Gasteiger partial charge is 0.119 e. The Morgan fingerprint density at radius 3 is 2.42 bits per heavy atom. The van der Waals surface area contributed by atoms with Gasteiger partial charge in [0.25, 0.3) is 0 Å². The summed E-state index contributed by atoms with van der Waals surface area (Å²) in [5.41, 5.74) is 1.62. The molecule has 0 amide bonds. The molecule has 0 saturated heterocycles. The molecule has 1 aliphatic carbocycles.